The summed E-state index contributed by atoms with van der Waals surface area (Å²) in [4.78, 5) is 0. The van der Waals surface area contributed by atoms with Crippen LogP contribution >= 0.6 is 15.9 Å². The van der Waals surface area contributed by atoms with Crippen molar-refractivity contribution in [3.63, 3.8) is 0 Å². The van der Waals surface area contributed by atoms with Crippen molar-refractivity contribution in [1.82, 2.24) is 10.2 Å². The molecule has 74 valence electrons. The highest BCUT2D eigenvalue weighted by Gasteiger charge is 1.97. The standard InChI is InChI=1S/C9H7BrN2.C2H6/c10-8-3-1-2-7(6-8)9-4-5-11-12-9;1-2/h1-6H,(H,11,12);1-2H3. The van der Waals surface area contributed by atoms with Gasteiger partial charge in [-0.05, 0) is 18.2 Å². The lowest BCUT2D eigenvalue weighted by Gasteiger charge is -1.96. The Labute approximate surface area is 92.5 Å². The second kappa shape index (κ2) is 5.60. The van der Waals surface area contributed by atoms with Gasteiger partial charge in [0.05, 0.1) is 5.69 Å². The van der Waals surface area contributed by atoms with Gasteiger partial charge in [0.25, 0.3) is 0 Å². The zero-order chi connectivity index (χ0) is 10.4. The van der Waals surface area contributed by atoms with E-state index in [9.17, 15) is 0 Å². The van der Waals surface area contributed by atoms with E-state index in [1.807, 2.05) is 44.2 Å². The van der Waals surface area contributed by atoms with Crippen LogP contribution in [0.5, 0.6) is 0 Å². The van der Waals surface area contributed by atoms with Gasteiger partial charge in [-0.3, -0.25) is 5.10 Å². The first kappa shape index (κ1) is 11.0. The quantitative estimate of drug-likeness (QED) is 0.821. The van der Waals surface area contributed by atoms with E-state index in [-0.39, 0.29) is 0 Å². The van der Waals surface area contributed by atoms with Crippen LogP contribution in [0.3, 0.4) is 0 Å². The number of H-pyrrole nitrogens is 1. The molecule has 0 aliphatic carbocycles. The van der Waals surface area contributed by atoms with Crippen LogP contribution in [0.4, 0.5) is 0 Å². The predicted molar refractivity (Wildman–Crippen MR) is 63.1 cm³/mol. The van der Waals surface area contributed by atoms with Crippen molar-refractivity contribution >= 4 is 15.9 Å². The molecule has 0 aliphatic heterocycles. The Hall–Kier alpha value is -1.09. The zero-order valence-electron chi connectivity index (χ0n) is 8.29. The minimum atomic E-state index is 1.04. The van der Waals surface area contributed by atoms with Crippen molar-refractivity contribution in [3.05, 3.63) is 41.0 Å². The normalized spacial score (nSPS) is 9.07. The van der Waals surface area contributed by atoms with Gasteiger partial charge in [-0.25, -0.2) is 0 Å². The number of aromatic nitrogens is 2. The molecule has 3 heteroatoms. The lowest BCUT2D eigenvalue weighted by molar-refractivity contribution is 1.10. The van der Waals surface area contributed by atoms with E-state index in [2.05, 4.69) is 26.1 Å². The van der Waals surface area contributed by atoms with Gasteiger partial charge < -0.3 is 0 Å². The highest BCUT2D eigenvalue weighted by Crippen LogP contribution is 2.20. The summed E-state index contributed by atoms with van der Waals surface area (Å²) in [5.74, 6) is 0. The first-order valence-electron chi connectivity index (χ1n) is 4.61. The molecule has 2 rings (SSSR count). The SMILES string of the molecule is Brc1cccc(-c2ccn[nH]2)c1.CC. The summed E-state index contributed by atoms with van der Waals surface area (Å²) in [6.45, 7) is 4.00. The Morgan fingerprint density at radius 1 is 1.21 bits per heavy atom. The maximum absolute atomic E-state index is 3.89. The fourth-order valence-electron chi connectivity index (χ4n) is 1.07. The van der Waals surface area contributed by atoms with Crippen molar-refractivity contribution in [2.45, 2.75) is 13.8 Å². The van der Waals surface area contributed by atoms with Gasteiger partial charge in [0.1, 0.15) is 0 Å². The van der Waals surface area contributed by atoms with E-state index >= 15 is 0 Å². The number of hydrogen-bond acceptors (Lipinski definition) is 1. The number of halogens is 1. The topological polar surface area (TPSA) is 28.7 Å². The van der Waals surface area contributed by atoms with Crippen molar-refractivity contribution in [1.29, 1.82) is 0 Å². The second-order valence-corrected chi connectivity index (χ2v) is 3.40. The van der Waals surface area contributed by atoms with Crippen LogP contribution in [-0.4, -0.2) is 10.2 Å². The van der Waals surface area contributed by atoms with Crippen molar-refractivity contribution < 1.29 is 0 Å². The monoisotopic (exact) mass is 252 g/mol. The number of nitrogens with one attached hydrogen (secondary N) is 1. The Balaban J connectivity index is 0.000000461. The van der Waals surface area contributed by atoms with Gasteiger partial charge in [0.2, 0.25) is 0 Å². The number of rotatable bonds is 1. The lowest BCUT2D eigenvalue weighted by Crippen LogP contribution is -1.76. The molecule has 0 unspecified atom stereocenters. The molecule has 0 aliphatic rings. The maximum Gasteiger partial charge on any atom is 0.0650 e. The molecule has 0 saturated heterocycles. The molecule has 2 aromatic rings. The fraction of sp³-hybridized carbons (Fsp3) is 0.182. The van der Waals surface area contributed by atoms with Crippen molar-refractivity contribution in [3.8, 4) is 11.3 Å². The van der Waals surface area contributed by atoms with E-state index in [0.717, 1.165) is 15.7 Å². The first-order chi connectivity index (χ1) is 6.86. The van der Waals surface area contributed by atoms with Crippen molar-refractivity contribution in [2.24, 2.45) is 0 Å². The Morgan fingerprint density at radius 2 is 2.00 bits per heavy atom. The molecule has 0 fully saturated rings. The van der Waals surface area contributed by atoms with E-state index in [1.54, 1.807) is 6.20 Å². The van der Waals surface area contributed by atoms with Gasteiger partial charge >= 0.3 is 0 Å². The molecule has 0 atom stereocenters. The largest absolute Gasteiger partial charge is 0.278 e. The Kier molecular flexibility index (Phi) is 4.40. The van der Waals surface area contributed by atoms with Crippen LogP contribution in [0.1, 0.15) is 13.8 Å². The van der Waals surface area contributed by atoms with Crippen LogP contribution in [0.15, 0.2) is 41.0 Å². The molecule has 0 amide bonds. The third-order valence-corrected chi connectivity index (χ3v) is 2.13. The smallest absolute Gasteiger partial charge is 0.0650 e. The molecule has 2 nitrogen and oxygen atoms in total. The van der Waals surface area contributed by atoms with Crippen molar-refractivity contribution in [2.75, 3.05) is 0 Å². The maximum atomic E-state index is 3.89. The number of benzene rings is 1. The summed E-state index contributed by atoms with van der Waals surface area (Å²) < 4.78 is 1.08. The summed E-state index contributed by atoms with van der Waals surface area (Å²) in [6.07, 6.45) is 1.75. The van der Waals surface area contributed by atoms with E-state index < -0.39 is 0 Å². The lowest BCUT2D eigenvalue weighted by atomic mass is 10.2. The van der Waals surface area contributed by atoms with E-state index in [4.69, 9.17) is 0 Å². The van der Waals surface area contributed by atoms with Crippen LogP contribution in [0, 0.1) is 0 Å². The molecule has 0 bridgehead atoms. The van der Waals surface area contributed by atoms with Gasteiger partial charge in [0.15, 0.2) is 0 Å². The molecule has 1 N–H and O–H groups in total. The van der Waals surface area contributed by atoms with Gasteiger partial charge in [0, 0.05) is 16.2 Å². The second-order valence-electron chi connectivity index (χ2n) is 2.48. The number of aromatic amines is 1. The Morgan fingerprint density at radius 3 is 2.57 bits per heavy atom. The molecule has 0 radical (unpaired) electrons. The zero-order valence-corrected chi connectivity index (χ0v) is 9.88. The molecule has 0 saturated carbocycles. The minimum absolute atomic E-state index is 1.04. The molecule has 0 spiro atoms. The number of nitrogens with zero attached hydrogens (tertiary/aromatic N) is 1. The Bertz CT molecular complexity index is 369. The van der Waals surface area contributed by atoms with E-state index in [1.165, 1.54) is 0 Å². The third kappa shape index (κ3) is 2.70. The molecule has 14 heavy (non-hydrogen) atoms. The summed E-state index contributed by atoms with van der Waals surface area (Å²) in [5, 5.41) is 6.80. The third-order valence-electron chi connectivity index (χ3n) is 1.64. The van der Waals surface area contributed by atoms with Crippen LogP contribution < -0.4 is 0 Å². The highest BCUT2D eigenvalue weighted by atomic mass is 79.9. The molecule has 1 heterocycles. The molecular formula is C11H13BrN2. The van der Waals surface area contributed by atoms with Crippen LogP contribution in [-0.2, 0) is 0 Å². The van der Waals surface area contributed by atoms with E-state index in [0.29, 0.717) is 0 Å². The average Bonchev–Trinajstić information content (AvgIpc) is 2.74. The van der Waals surface area contributed by atoms with Crippen LogP contribution in [0.2, 0.25) is 0 Å². The summed E-state index contributed by atoms with van der Waals surface area (Å²) in [7, 11) is 0. The average molecular weight is 253 g/mol. The van der Waals surface area contributed by atoms with Gasteiger partial charge in [-0.15, -0.1) is 0 Å². The van der Waals surface area contributed by atoms with Gasteiger partial charge in [-0.2, -0.15) is 5.10 Å². The fourth-order valence-corrected chi connectivity index (χ4v) is 1.47. The van der Waals surface area contributed by atoms with Gasteiger partial charge in [-0.1, -0.05) is 41.9 Å². The summed E-state index contributed by atoms with van der Waals surface area (Å²) >= 11 is 3.41. The molecule has 1 aromatic carbocycles. The molecular weight excluding hydrogens is 240 g/mol. The molecule has 1 aromatic heterocycles. The summed E-state index contributed by atoms with van der Waals surface area (Å²) in [6, 6.07) is 10.0. The number of hydrogen-bond donors (Lipinski definition) is 1. The first-order valence-corrected chi connectivity index (χ1v) is 5.41. The highest BCUT2D eigenvalue weighted by molar-refractivity contribution is 9.10. The summed E-state index contributed by atoms with van der Waals surface area (Å²) in [5.41, 5.74) is 2.18. The van der Waals surface area contributed by atoms with Crippen LogP contribution in [0.25, 0.3) is 11.3 Å². The minimum Gasteiger partial charge on any atom is -0.278 e. The predicted octanol–water partition coefficient (Wildman–Crippen LogP) is 3.87.